The molecule has 0 fully saturated rings. The highest BCUT2D eigenvalue weighted by atomic mass is 28.4. The van der Waals surface area contributed by atoms with Crippen LogP contribution in [0.25, 0.3) is 11.1 Å². The first kappa shape index (κ1) is 21.4. The molecular formula is C24H34O2Si. The molecule has 146 valence electrons. The monoisotopic (exact) mass is 382 g/mol. The lowest BCUT2D eigenvalue weighted by Crippen LogP contribution is -2.44. The van der Waals surface area contributed by atoms with E-state index in [-0.39, 0.29) is 10.5 Å². The van der Waals surface area contributed by atoms with Crippen molar-refractivity contribution in [3.05, 3.63) is 53.6 Å². The van der Waals surface area contributed by atoms with E-state index in [1.165, 1.54) is 5.56 Å². The standard InChI is InChI=1S/C24H34O2Si/c1-9-24(5,6)20-14-10-12-18(16-20)21-15-11-13-19(17-25)22(21)26-27(7,8)23(2,3)4/h10-17H,9H2,1-8H3. The topological polar surface area (TPSA) is 26.3 Å². The van der Waals surface area contributed by atoms with Gasteiger partial charge in [-0.1, -0.05) is 77.9 Å². The molecule has 2 nitrogen and oxygen atoms in total. The van der Waals surface area contributed by atoms with E-state index in [2.05, 4.69) is 85.0 Å². The van der Waals surface area contributed by atoms with Gasteiger partial charge in [-0.25, -0.2) is 0 Å². The minimum Gasteiger partial charge on any atom is -0.543 e. The van der Waals surface area contributed by atoms with E-state index < -0.39 is 8.32 Å². The summed E-state index contributed by atoms with van der Waals surface area (Å²) in [4.78, 5) is 11.8. The van der Waals surface area contributed by atoms with Crippen LogP contribution < -0.4 is 4.43 Å². The second-order valence-electron chi connectivity index (χ2n) is 9.52. The molecule has 0 N–H and O–H groups in total. The Morgan fingerprint density at radius 1 is 1.00 bits per heavy atom. The molecule has 0 atom stereocenters. The van der Waals surface area contributed by atoms with Crippen LogP contribution in [0.1, 0.15) is 63.9 Å². The largest absolute Gasteiger partial charge is 0.543 e. The van der Waals surface area contributed by atoms with Gasteiger partial charge in [0.25, 0.3) is 8.32 Å². The summed E-state index contributed by atoms with van der Waals surface area (Å²) in [5, 5.41) is 0.0618. The maximum atomic E-state index is 11.8. The molecule has 0 amide bonds. The van der Waals surface area contributed by atoms with Crippen LogP contribution in [0.2, 0.25) is 18.1 Å². The molecule has 0 aliphatic heterocycles. The summed E-state index contributed by atoms with van der Waals surface area (Å²) in [6, 6.07) is 14.5. The first-order chi connectivity index (χ1) is 12.4. The van der Waals surface area contributed by atoms with Crippen molar-refractivity contribution in [2.75, 3.05) is 0 Å². The van der Waals surface area contributed by atoms with Crippen molar-refractivity contribution < 1.29 is 9.22 Å². The molecule has 3 heteroatoms. The lowest BCUT2D eigenvalue weighted by Gasteiger charge is -2.37. The smallest absolute Gasteiger partial charge is 0.250 e. The Balaban J connectivity index is 2.63. The summed E-state index contributed by atoms with van der Waals surface area (Å²) in [7, 11) is -2.07. The van der Waals surface area contributed by atoms with Gasteiger partial charge < -0.3 is 4.43 Å². The van der Waals surface area contributed by atoms with E-state index in [9.17, 15) is 4.79 Å². The van der Waals surface area contributed by atoms with E-state index >= 15 is 0 Å². The molecule has 0 saturated carbocycles. The lowest BCUT2D eigenvalue weighted by atomic mass is 9.81. The molecule has 2 aromatic carbocycles. The van der Waals surface area contributed by atoms with Crippen LogP contribution in [0.15, 0.2) is 42.5 Å². The van der Waals surface area contributed by atoms with Crippen molar-refractivity contribution in [3.63, 3.8) is 0 Å². The molecule has 0 saturated heterocycles. The summed E-state index contributed by atoms with van der Waals surface area (Å²) in [5.41, 5.74) is 4.14. The summed E-state index contributed by atoms with van der Waals surface area (Å²) < 4.78 is 6.63. The fraction of sp³-hybridized carbons (Fsp3) is 0.458. The molecule has 27 heavy (non-hydrogen) atoms. The number of carbonyl (C=O) groups excluding carboxylic acids is 1. The van der Waals surface area contributed by atoms with Crippen molar-refractivity contribution in [2.24, 2.45) is 0 Å². The first-order valence-corrected chi connectivity index (χ1v) is 12.7. The van der Waals surface area contributed by atoms with Gasteiger partial charge in [0.15, 0.2) is 6.29 Å². The number of benzene rings is 2. The lowest BCUT2D eigenvalue weighted by molar-refractivity contribution is 0.112. The van der Waals surface area contributed by atoms with Crippen LogP contribution >= 0.6 is 0 Å². The van der Waals surface area contributed by atoms with Crippen LogP contribution in [0, 0.1) is 0 Å². The fourth-order valence-corrected chi connectivity index (χ4v) is 3.75. The number of aldehydes is 1. The van der Waals surface area contributed by atoms with E-state index in [0.29, 0.717) is 5.56 Å². The molecular weight excluding hydrogens is 348 g/mol. The summed E-state index contributed by atoms with van der Waals surface area (Å²) in [6.07, 6.45) is 1.98. The third-order valence-electron chi connectivity index (χ3n) is 6.17. The average molecular weight is 383 g/mol. The zero-order chi connectivity index (χ0) is 20.5. The van der Waals surface area contributed by atoms with E-state index in [1.54, 1.807) is 0 Å². The number of hydrogen-bond acceptors (Lipinski definition) is 2. The molecule has 0 aromatic heterocycles. The van der Waals surface area contributed by atoms with Crippen molar-refractivity contribution >= 4 is 14.6 Å². The Labute approximate surface area is 166 Å². The summed E-state index contributed by atoms with van der Waals surface area (Å²) in [6.45, 7) is 17.8. The summed E-state index contributed by atoms with van der Waals surface area (Å²) >= 11 is 0. The minimum atomic E-state index is -2.07. The summed E-state index contributed by atoms with van der Waals surface area (Å²) in [5.74, 6) is 0.727. The fourth-order valence-electron chi connectivity index (χ4n) is 2.71. The Hall–Kier alpha value is -1.87. The molecule has 0 bridgehead atoms. The van der Waals surface area contributed by atoms with Gasteiger partial charge in [-0.05, 0) is 47.2 Å². The molecule has 0 aliphatic rings. The van der Waals surface area contributed by atoms with Crippen LogP contribution in [-0.4, -0.2) is 14.6 Å². The third kappa shape index (κ3) is 4.52. The van der Waals surface area contributed by atoms with Gasteiger partial charge in [-0.3, -0.25) is 4.79 Å². The zero-order valence-electron chi connectivity index (χ0n) is 18.1. The predicted octanol–water partition coefficient (Wildman–Crippen LogP) is 7.24. The van der Waals surface area contributed by atoms with Crippen molar-refractivity contribution in [2.45, 2.75) is 71.5 Å². The molecule has 0 heterocycles. The number of rotatable bonds is 6. The quantitative estimate of drug-likeness (QED) is 0.389. The zero-order valence-corrected chi connectivity index (χ0v) is 19.1. The molecule has 2 aromatic rings. The van der Waals surface area contributed by atoms with E-state index in [4.69, 9.17) is 4.43 Å². The maximum absolute atomic E-state index is 11.8. The molecule has 0 aliphatic carbocycles. The van der Waals surface area contributed by atoms with Gasteiger partial charge in [-0.2, -0.15) is 0 Å². The number of hydrogen-bond donors (Lipinski definition) is 0. The Bertz CT molecular complexity index is 813. The SMILES string of the molecule is CCC(C)(C)c1cccc(-c2cccc(C=O)c2O[Si](C)(C)C(C)(C)C)c1. The average Bonchev–Trinajstić information content (AvgIpc) is 2.60. The molecule has 0 radical (unpaired) electrons. The van der Waals surface area contributed by atoms with Gasteiger partial charge in [0.2, 0.25) is 0 Å². The highest BCUT2D eigenvalue weighted by Crippen LogP contribution is 2.42. The number of para-hydroxylation sites is 1. The Kier molecular flexibility index (Phi) is 6.05. The third-order valence-corrected chi connectivity index (χ3v) is 10.5. The molecule has 0 spiro atoms. The van der Waals surface area contributed by atoms with Gasteiger partial charge in [-0.15, -0.1) is 0 Å². The van der Waals surface area contributed by atoms with Crippen molar-refractivity contribution in [1.29, 1.82) is 0 Å². The minimum absolute atomic E-state index is 0.0618. The molecule has 2 rings (SSSR count). The van der Waals surface area contributed by atoms with Crippen molar-refractivity contribution in [1.82, 2.24) is 0 Å². The second kappa shape index (κ2) is 7.63. The first-order valence-electron chi connectivity index (χ1n) is 9.81. The van der Waals surface area contributed by atoms with E-state index in [1.807, 2.05) is 12.1 Å². The van der Waals surface area contributed by atoms with Gasteiger partial charge in [0.1, 0.15) is 5.75 Å². The van der Waals surface area contributed by atoms with Crippen LogP contribution in [0.3, 0.4) is 0 Å². The van der Waals surface area contributed by atoms with Gasteiger partial charge in [0.05, 0.1) is 5.56 Å². The predicted molar refractivity (Wildman–Crippen MR) is 118 cm³/mol. The van der Waals surface area contributed by atoms with Crippen LogP contribution in [-0.2, 0) is 5.41 Å². The second-order valence-corrected chi connectivity index (χ2v) is 14.2. The van der Waals surface area contributed by atoms with Crippen LogP contribution in [0.5, 0.6) is 5.75 Å². The Morgan fingerprint density at radius 3 is 2.19 bits per heavy atom. The van der Waals surface area contributed by atoms with E-state index in [0.717, 1.165) is 29.6 Å². The van der Waals surface area contributed by atoms with Gasteiger partial charge in [0, 0.05) is 5.56 Å². The molecule has 0 unspecified atom stereocenters. The van der Waals surface area contributed by atoms with Crippen molar-refractivity contribution in [3.8, 4) is 16.9 Å². The number of carbonyl (C=O) groups is 1. The van der Waals surface area contributed by atoms with Crippen LogP contribution in [0.4, 0.5) is 0 Å². The Morgan fingerprint density at radius 2 is 1.63 bits per heavy atom. The normalized spacial score (nSPS) is 12.7. The highest BCUT2D eigenvalue weighted by molar-refractivity contribution is 6.74. The maximum Gasteiger partial charge on any atom is 0.250 e. The highest BCUT2D eigenvalue weighted by Gasteiger charge is 2.40. The van der Waals surface area contributed by atoms with Gasteiger partial charge >= 0.3 is 0 Å².